The number of carboxylic acid groups (broad SMARTS) is 1. The summed E-state index contributed by atoms with van der Waals surface area (Å²) in [5.74, 6) is -1.67. The second-order valence-corrected chi connectivity index (χ2v) is 5.53. The highest BCUT2D eigenvalue weighted by molar-refractivity contribution is 9.10. The average molecular weight is 350 g/mol. The molecule has 1 aromatic carbocycles. The van der Waals surface area contributed by atoms with Crippen LogP contribution in [0.5, 0.6) is 0 Å². The quantitative estimate of drug-likeness (QED) is 0.828. The molecule has 1 amide bonds. The van der Waals surface area contributed by atoms with Gasteiger partial charge in [0.1, 0.15) is 11.9 Å². The molecule has 19 heavy (non-hydrogen) atoms. The van der Waals surface area contributed by atoms with E-state index in [9.17, 15) is 14.0 Å². The highest BCUT2D eigenvalue weighted by Crippen LogP contribution is 2.20. The van der Waals surface area contributed by atoms with Crippen LogP contribution in [0.3, 0.4) is 0 Å². The van der Waals surface area contributed by atoms with Crippen molar-refractivity contribution < 1.29 is 19.1 Å². The molecule has 0 aliphatic carbocycles. The second-order valence-electron chi connectivity index (χ2n) is 3.75. The molecule has 7 heteroatoms. The summed E-state index contributed by atoms with van der Waals surface area (Å²) in [5.41, 5.74) is 0.0791. The molecule has 2 N–H and O–H groups in total. The fraction of sp³-hybridized carbons (Fsp3) is 0.333. The molecular weight excluding hydrogens is 337 g/mol. The molecule has 1 atom stereocenters. The lowest BCUT2D eigenvalue weighted by Crippen LogP contribution is -2.41. The Hall–Kier alpha value is -1.08. The highest BCUT2D eigenvalue weighted by atomic mass is 79.9. The maximum Gasteiger partial charge on any atom is 0.326 e. The molecule has 0 saturated carbocycles. The van der Waals surface area contributed by atoms with E-state index in [2.05, 4.69) is 21.2 Å². The van der Waals surface area contributed by atoms with E-state index < -0.39 is 23.7 Å². The van der Waals surface area contributed by atoms with Crippen LogP contribution in [0, 0.1) is 5.82 Å². The molecule has 0 fully saturated rings. The van der Waals surface area contributed by atoms with Gasteiger partial charge in [0.2, 0.25) is 0 Å². The second kappa shape index (κ2) is 7.49. The van der Waals surface area contributed by atoms with E-state index in [1.54, 1.807) is 0 Å². The van der Waals surface area contributed by atoms with Crippen molar-refractivity contribution in [2.45, 2.75) is 12.5 Å². The monoisotopic (exact) mass is 349 g/mol. The number of aliphatic carboxylic acids is 1. The summed E-state index contributed by atoms with van der Waals surface area (Å²) in [6, 6.07) is 3.06. The Balaban J connectivity index is 2.82. The van der Waals surface area contributed by atoms with Crippen LogP contribution in [0.2, 0.25) is 0 Å². The molecule has 0 unspecified atom stereocenters. The number of hydrogen-bond donors (Lipinski definition) is 2. The lowest BCUT2D eigenvalue weighted by molar-refractivity contribution is -0.139. The summed E-state index contributed by atoms with van der Waals surface area (Å²) < 4.78 is 13.3. The average Bonchev–Trinajstić information content (AvgIpc) is 2.37. The van der Waals surface area contributed by atoms with Crippen LogP contribution in [0.1, 0.15) is 16.8 Å². The number of carbonyl (C=O) groups is 2. The Morgan fingerprint density at radius 1 is 1.53 bits per heavy atom. The molecule has 0 spiro atoms. The van der Waals surface area contributed by atoms with E-state index in [4.69, 9.17) is 5.11 Å². The van der Waals surface area contributed by atoms with Crippen LogP contribution in [0.25, 0.3) is 0 Å². The zero-order valence-electron chi connectivity index (χ0n) is 10.2. The van der Waals surface area contributed by atoms with E-state index in [1.807, 2.05) is 6.26 Å². The first-order chi connectivity index (χ1) is 8.97. The Morgan fingerprint density at radius 2 is 2.21 bits per heavy atom. The molecule has 0 radical (unpaired) electrons. The number of rotatable bonds is 6. The van der Waals surface area contributed by atoms with Gasteiger partial charge in [-0.25, -0.2) is 9.18 Å². The molecule has 1 aromatic rings. The van der Waals surface area contributed by atoms with Crippen molar-refractivity contribution in [1.29, 1.82) is 0 Å². The highest BCUT2D eigenvalue weighted by Gasteiger charge is 2.21. The minimum absolute atomic E-state index is 0.0292. The van der Waals surface area contributed by atoms with Crippen LogP contribution in [-0.4, -0.2) is 35.0 Å². The topological polar surface area (TPSA) is 66.4 Å². The molecule has 0 aliphatic rings. The van der Waals surface area contributed by atoms with Crippen molar-refractivity contribution in [3.8, 4) is 0 Å². The number of benzene rings is 1. The van der Waals surface area contributed by atoms with Crippen molar-refractivity contribution in [2.75, 3.05) is 12.0 Å². The maximum atomic E-state index is 13.3. The van der Waals surface area contributed by atoms with Crippen molar-refractivity contribution >= 4 is 39.6 Å². The number of carboxylic acids is 1. The largest absolute Gasteiger partial charge is 0.480 e. The third kappa shape index (κ3) is 4.50. The fourth-order valence-corrected chi connectivity index (χ4v) is 2.32. The Bertz CT molecular complexity index is 484. The number of nitrogens with one attached hydrogen (secondary N) is 1. The Morgan fingerprint density at radius 3 is 2.79 bits per heavy atom. The standard InChI is InChI=1S/C12H13BrFNO3S/c1-19-6-5-9(12(17)18)15-11(16)7-3-2-4-8(14)10(7)13/h2-4,9H,5-6H2,1H3,(H,15,16)(H,17,18)/t9-/m0/s1. The summed E-state index contributed by atoms with van der Waals surface area (Å²) in [5, 5.41) is 11.4. The van der Waals surface area contributed by atoms with Crippen LogP contribution in [-0.2, 0) is 4.79 Å². The van der Waals surface area contributed by atoms with Gasteiger partial charge in [-0.2, -0.15) is 11.8 Å². The number of halogens is 2. The molecule has 0 bridgehead atoms. The number of hydrogen-bond acceptors (Lipinski definition) is 3. The molecular formula is C12H13BrFNO3S. The van der Waals surface area contributed by atoms with Crippen LogP contribution >= 0.6 is 27.7 Å². The van der Waals surface area contributed by atoms with E-state index in [0.29, 0.717) is 12.2 Å². The minimum atomic E-state index is -1.10. The van der Waals surface area contributed by atoms with Gasteiger partial charge in [-0.15, -0.1) is 0 Å². The molecule has 1 rings (SSSR count). The van der Waals surface area contributed by atoms with E-state index in [1.165, 1.54) is 30.0 Å². The van der Waals surface area contributed by atoms with Gasteiger partial charge in [0.15, 0.2) is 0 Å². The van der Waals surface area contributed by atoms with Gasteiger partial charge in [-0.3, -0.25) is 4.79 Å². The predicted molar refractivity (Wildman–Crippen MR) is 76.0 cm³/mol. The fourth-order valence-electron chi connectivity index (χ4n) is 1.41. The van der Waals surface area contributed by atoms with Crippen LogP contribution in [0.15, 0.2) is 22.7 Å². The van der Waals surface area contributed by atoms with E-state index in [0.717, 1.165) is 0 Å². The third-order valence-electron chi connectivity index (χ3n) is 2.41. The summed E-state index contributed by atoms with van der Waals surface area (Å²) >= 11 is 4.47. The van der Waals surface area contributed by atoms with Gasteiger partial charge >= 0.3 is 5.97 Å². The summed E-state index contributed by atoms with van der Waals surface area (Å²) in [6.45, 7) is 0. The number of amides is 1. The molecule has 0 aliphatic heterocycles. The SMILES string of the molecule is CSCC[C@H](NC(=O)c1cccc(F)c1Br)C(=O)O. The smallest absolute Gasteiger partial charge is 0.326 e. The number of carbonyl (C=O) groups excluding carboxylic acids is 1. The van der Waals surface area contributed by atoms with Gasteiger partial charge in [-0.05, 0) is 46.5 Å². The molecule has 0 heterocycles. The Labute approximate surface area is 122 Å². The minimum Gasteiger partial charge on any atom is -0.480 e. The van der Waals surface area contributed by atoms with E-state index >= 15 is 0 Å². The van der Waals surface area contributed by atoms with Gasteiger partial charge < -0.3 is 10.4 Å². The summed E-state index contributed by atoms with van der Waals surface area (Å²) in [4.78, 5) is 22.9. The van der Waals surface area contributed by atoms with Crippen molar-refractivity contribution in [3.63, 3.8) is 0 Å². The summed E-state index contributed by atoms with van der Waals surface area (Å²) in [7, 11) is 0. The Kier molecular flexibility index (Phi) is 6.30. The first-order valence-electron chi connectivity index (χ1n) is 5.44. The van der Waals surface area contributed by atoms with E-state index in [-0.39, 0.29) is 10.0 Å². The molecule has 0 saturated heterocycles. The van der Waals surface area contributed by atoms with Gasteiger partial charge in [-0.1, -0.05) is 6.07 Å². The first kappa shape index (κ1) is 16.0. The maximum absolute atomic E-state index is 13.3. The lowest BCUT2D eigenvalue weighted by atomic mass is 10.1. The third-order valence-corrected chi connectivity index (χ3v) is 3.86. The van der Waals surface area contributed by atoms with Crippen LogP contribution < -0.4 is 5.32 Å². The normalized spacial score (nSPS) is 11.9. The van der Waals surface area contributed by atoms with Gasteiger partial charge in [0.05, 0.1) is 10.0 Å². The van der Waals surface area contributed by atoms with Crippen molar-refractivity contribution in [2.24, 2.45) is 0 Å². The molecule has 0 aromatic heterocycles. The zero-order valence-corrected chi connectivity index (χ0v) is 12.6. The summed E-state index contributed by atoms with van der Waals surface area (Å²) in [6.07, 6.45) is 2.17. The molecule has 4 nitrogen and oxygen atoms in total. The first-order valence-corrected chi connectivity index (χ1v) is 7.62. The number of thioether (sulfide) groups is 1. The predicted octanol–water partition coefficient (Wildman–Crippen LogP) is 2.52. The van der Waals surface area contributed by atoms with Crippen molar-refractivity contribution in [3.05, 3.63) is 34.1 Å². The van der Waals surface area contributed by atoms with Gasteiger partial charge in [0, 0.05) is 0 Å². The zero-order chi connectivity index (χ0) is 14.4. The van der Waals surface area contributed by atoms with Crippen molar-refractivity contribution in [1.82, 2.24) is 5.32 Å². The molecule has 104 valence electrons. The van der Waals surface area contributed by atoms with Crippen LogP contribution in [0.4, 0.5) is 4.39 Å². The van der Waals surface area contributed by atoms with Gasteiger partial charge in [0.25, 0.3) is 5.91 Å². The lowest BCUT2D eigenvalue weighted by Gasteiger charge is -2.14.